The molecule has 3 rings (SSSR count). The van der Waals surface area contributed by atoms with Gasteiger partial charge in [0, 0.05) is 48.3 Å². The van der Waals surface area contributed by atoms with Gasteiger partial charge in [0.2, 0.25) is 11.8 Å². The van der Waals surface area contributed by atoms with Gasteiger partial charge in [-0.3, -0.25) is 14.4 Å². The Labute approximate surface area is 235 Å². The van der Waals surface area contributed by atoms with Gasteiger partial charge in [0.15, 0.2) is 0 Å². The van der Waals surface area contributed by atoms with E-state index in [0.29, 0.717) is 40.9 Å². The molecule has 10 heteroatoms. The van der Waals surface area contributed by atoms with Crippen LogP contribution in [0.25, 0.3) is 0 Å². The summed E-state index contributed by atoms with van der Waals surface area (Å²) in [5.41, 5.74) is -0.379. The molecule has 210 valence electrons. The van der Waals surface area contributed by atoms with Crippen molar-refractivity contribution in [1.82, 2.24) is 10.2 Å². The van der Waals surface area contributed by atoms with Gasteiger partial charge in [-0.2, -0.15) is 0 Å². The summed E-state index contributed by atoms with van der Waals surface area (Å²) in [6.45, 7) is 8.99. The van der Waals surface area contributed by atoms with Crippen LogP contribution in [0.1, 0.15) is 52.5 Å². The highest BCUT2D eigenvalue weighted by Gasteiger charge is 2.60. The lowest BCUT2D eigenvalue weighted by molar-refractivity contribution is -0.180. The number of carbonyl (C=O) groups excluding carboxylic acids is 3. The van der Waals surface area contributed by atoms with E-state index in [-0.39, 0.29) is 42.7 Å². The van der Waals surface area contributed by atoms with Crippen LogP contribution in [0.5, 0.6) is 0 Å². The molecule has 0 saturated carbocycles. The first-order valence-corrected chi connectivity index (χ1v) is 13.6. The molecule has 1 N–H and O–H groups in total. The first-order chi connectivity index (χ1) is 17.8. The molecule has 2 amide bonds. The molecule has 8 nitrogen and oxygen atoms in total. The van der Waals surface area contributed by atoms with Crippen LogP contribution in [0.2, 0.25) is 10.0 Å². The fourth-order valence-corrected chi connectivity index (χ4v) is 5.63. The van der Waals surface area contributed by atoms with Crippen molar-refractivity contribution in [2.24, 2.45) is 16.7 Å². The third kappa shape index (κ3) is 6.36. The Kier molecular flexibility index (Phi) is 9.90. The summed E-state index contributed by atoms with van der Waals surface area (Å²) < 4.78 is 16.7. The average Bonchev–Trinajstić information content (AvgIpc) is 2.85. The fraction of sp³-hybridized carbons (Fsp3) is 0.607. The molecule has 1 fully saturated rings. The Balaban J connectivity index is 2.07. The fourth-order valence-electron chi connectivity index (χ4n) is 5.17. The topological polar surface area (TPSA) is 94.2 Å². The van der Waals surface area contributed by atoms with Crippen molar-refractivity contribution in [3.8, 4) is 0 Å². The number of benzene rings is 1. The van der Waals surface area contributed by atoms with Crippen molar-refractivity contribution < 1.29 is 28.6 Å². The van der Waals surface area contributed by atoms with E-state index in [9.17, 15) is 14.4 Å². The van der Waals surface area contributed by atoms with Crippen molar-refractivity contribution in [1.29, 1.82) is 0 Å². The number of fused-ring (bicyclic) bond motifs is 1. The smallest absolute Gasteiger partial charge is 0.320 e. The summed E-state index contributed by atoms with van der Waals surface area (Å²) >= 11 is 12.6. The van der Waals surface area contributed by atoms with Gasteiger partial charge < -0.3 is 24.4 Å². The molecule has 2 heterocycles. The van der Waals surface area contributed by atoms with Crippen molar-refractivity contribution >= 4 is 41.0 Å². The van der Waals surface area contributed by atoms with Crippen LogP contribution in [0.3, 0.4) is 0 Å². The van der Waals surface area contributed by atoms with E-state index < -0.39 is 23.4 Å². The molecule has 0 unspecified atom stereocenters. The number of esters is 1. The number of nitrogens with one attached hydrogen (secondary N) is 1. The van der Waals surface area contributed by atoms with Crippen LogP contribution in [-0.4, -0.2) is 62.3 Å². The van der Waals surface area contributed by atoms with E-state index in [1.165, 1.54) is 7.11 Å². The predicted molar refractivity (Wildman–Crippen MR) is 146 cm³/mol. The van der Waals surface area contributed by atoms with Crippen molar-refractivity contribution in [2.75, 3.05) is 27.4 Å². The number of nitrogens with zero attached hydrogens (tertiary/aromatic N) is 1. The minimum Gasteiger partial charge on any atom is -0.468 e. The second-order valence-electron chi connectivity index (χ2n) is 11.0. The lowest BCUT2D eigenvalue weighted by atomic mass is 9.65. The first-order valence-electron chi connectivity index (χ1n) is 12.8. The minimum atomic E-state index is -1.27. The number of methoxy groups -OCH3 is 2. The first kappa shape index (κ1) is 30.4. The predicted octanol–water partition coefficient (Wildman–Crippen LogP) is 4.76. The number of piperidine rings is 1. The second kappa shape index (κ2) is 12.4. The molecule has 0 bridgehead atoms. The molecule has 0 aromatic heterocycles. The summed E-state index contributed by atoms with van der Waals surface area (Å²) in [7, 11) is 2.92. The summed E-state index contributed by atoms with van der Waals surface area (Å²) in [5, 5.41) is 3.72. The second-order valence-corrected chi connectivity index (χ2v) is 11.9. The summed E-state index contributed by atoms with van der Waals surface area (Å²) in [6, 6.07) is 5.08. The zero-order valence-corrected chi connectivity index (χ0v) is 24.4. The van der Waals surface area contributed by atoms with Gasteiger partial charge in [0.1, 0.15) is 5.41 Å². The molecule has 1 aromatic carbocycles. The number of carbonyl (C=O) groups is 3. The van der Waals surface area contributed by atoms with Gasteiger partial charge in [-0.1, -0.05) is 50.0 Å². The molecular weight excluding hydrogens is 531 g/mol. The van der Waals surface area contributed by atoms with Crippen LogP contribution in [0, 0.1) is 16.7 Å². The van der Waals surface area contributed by atoms with E-state index in [2.05, 4.69) is 5.32 Å². The molecule has 0 aliphatic carbocycles. The Morgan fingerprint density at radius 3 is 2.55 bits per heavy atom. The summed E-state index contributed by atoms with van der Waals surface area (Å²) in [4.78, 5) is 42.0. The quantitative estimate of drug-likeness (QED) is 0.341. The van der Waals surface area contributed by atoms with Gasteiger partial charge in [0.25, 0.3) is 0 Å². The van der Waals surface area contributed by atoms with Gasteiger partial charge in [0.05, 0.1) is 25.9 Å². The number of hydrogen-bond acceptors (Lipinski definition) is 6. The average molecular weight is 570 g/mol. The van der Waals surface area contributed by atoms with Crippen LogP contribution < -0.4 is 5.32 Å². The number of ether oxygens (including phenoxy) is 3. The SMILES string of the molecule is COCCCNC(=O)C[C@H]1C[C@@]2(C(=O)OC)C(=C[C@H](C(C)(C)C)O[C@@H]2C)N(Cc2ccc(Cl)cc2Cl)C1=O. The Morgan fingerprint density at radius 2 is 1.95 bits per heavy atom. The van der Waals surface area contributed by atoms with Gasteiger partial charge in [-0.15, -0.1) is 0 Å². The van der Waals surface area contributed by atoms with Crippen LogP contribution in [0.4, 0.5) is 0 Å². The molecular formula is C28H38Cl2N2O6. The highest BCUT2D eigenvalue weighted by molar-refractivity contribution is 6.35. The molecule has 1 aromatic rings. The standard InChI is InChI=1S/C28H38Cl2N2O6/c1-17-28(26(35)37-6)15-19(12-24(33)31-10-7-11-36-5)25(34)32(16-18-8-9-20(29)13-21(18)30)22(28)14-23(38-17)27(2,3)4/h8-9,13-14,17,19,23H,7,10-12,15-16H2,1-6H3,(H,31,33)/t17-,19+,23-,28+/m1/s1. The van der Waals surface area contributed by atoms with Crippen LogP contribution >= 0.6 is 23.2 Å². The maximum Gasteiger partial charge on any atom is 0.320 e. The molecule has 1 saturated heterocycles. The summed E-state index contributed by atoms with van der Waals surface area (Å²) in [6.07, 6.45) is 1.57. The molecule has 0 spiro atoms. The molecule has 2 aliphatic heterocycles. The number of hydrogen-bond donors (Lipinski definition) is 1. The van der Waals surface area contributed by atoms with Crippen LogP contribution in [0.15, 0.2) is 30.0 Å². The largest absolute Gasteiger partial charge is 0.468 e. The molecule has 4 atom stereocenters. The Bertz CT molecular complexity index is 1090. The third-order valence-electron chi connectivity index (χ3n) is 7.31. The van der Waals surface area contributed by atoms with E-state index in [1.807, 2.05) is 33.8 Å². The normalized spacial score (nSPS) is 25.5. The van der Waals surface area contributed by atoms with Gasteiger partial charge in [-0.25, -0.2) is 0 Å². The Morgan fingerprint density at radius 1 is 1.24 bits per heavy atom. The molecule has 2 aliphatic rings. The maximum absolute atomic E-state index is 14.0. The van der Waals surface area contributed by atoms with E-state index in [4.69, 9.17) is 37.4 Å². The van der Waals surface area contributed by atoms with Crippen molar-refractivity contribution in [2.45, 2.75) is 65.7 Å². The number of amides is 2. The zero-order valence-electron chi connectivity index (χ0n) is 22.9. The minimum absolute atomic E-state index is 0.0713. The number of rotatable bonds is 9. The maximum atomic E-state index is 14.0. The summed E-state index contributed by atoms with van der Waals surface area (Å²) in [5.74, 6) is -1.80. The Hall–Kier alpha value is -2.13. The van der Waals surface area contributed by atoms with Crippen LogP contribution in [-0.2, 0) is 35.1 Å². The molecule has 38 heavy (non-hydrogen) atoms. The van der Waals surface area contributed by atoms with E-state index in [1.54, 1.807) is 30.2 Å². The van der Waals surface area contributed by atoms with Crippen molar-refractivity contribution in [3.05, 3.63) is 45.6 Å². The van der Waals surface area contributed by atoms with E-state index >= 15 is 0 Å². The highest BCUT2D eigenvalue weighted by Crippen LogP contribution is 2.52. The zero-order chi connectivity index (χ0) is 28.3. The number of halogens is 2. The van der Waals surface area contributed by atoms with Gasteiger partial charge >= 0.3 is 5.97 Å². The molecule has 0 radical (unpaired) electrons. The highest BCUT2D eigenvalue weighted by atomic mass is 35.5. The lowest BCUT2D eigenvalue weighted by Gasteiger charge is -2.53. The lowest BCUT2D eigenvalue weighted by Crippen LogP contribution is -2.61. The van der Waals surface area contributed by atoms with Crippen molar-refractivity contribution in [3.63, 3.8) is 0 Å². The third-order valence-corrected chi connectivity index (χ3v) is 7.90. The number of likely N-dealkylation sites (tertiary alicyclic amines) is 1. The monoisotopic (exact) mass is 568 g/mol. The van der Waals surface area contributed by atoms with E-state index in [0.717, 1.165) is 0 Å². The van der Waals surface area contributed by atoms with Gasteiger partial charge in [-0.05, 0) is 49.0 Å².